The van der Waals surface area contributed by atoms with E-state index in [4.69, 9.17) is 4.74 Å². The van der Waals surface area contributed by atoms with Crippen LogP contribution < -0.4 is 4.74 Å². The van der Waals surface area contributed by atoms with Gasteiger partial charge in [-0.2, -0.15) is 0 Å². The van der Waals surface area contributed by atoms with Gasteiger partial charge in [-0.05, 0) is 62.4 Å². The number of fused-ring (bicyclic) bond motifs is 3. The van der Waals surface area contributed by atoms with Crippen molar-refractivity contribution < 1.29 is 14.3 Å². The smallest absolute Gasteiger partial charge is 0.257 e. The van der Waals surface area contributed by atoms with Crippen LogP contribution >= 0.6 is 0 Å². The van der Waals surface area contributed by atoms with E-state index in [1.165, 1.54) is 0 Å². The number of hydrogen-bond donors (Lipinski definition) is 1. The van der Waals surface area contributed by atoms with Gasteiger partial charge in [0.1, 0.15) is 11.9 Å². The average molecular weight is 488 g/mol. The molecular weight excluding hydrogens is 450 g/mol. The number of carbonyl (C=O) groups is 2. The molecule has 3 aromatic rings. The highest BCUT2D eigenvalue weighted by Crippen LogP contribution is 2.32. The Bertz CT molecular complexity index is 1200. The molecule has 0 unspecified atom stereocenters. The van der Waals surface area contributed by atoms with Crippen LogP contribution in [0.2, 0.25) is 0 Å². The summed E-state index contributed by atoms with van der Waals surface area (Å²) in [7, 11) is 1.88. The molecule has 2 heterocycles. The van der Waals surface area contributed by atoms with Crippen LogP contribution in [0.4, 0.5) is 0 Å². The maximum atomic E-state index is 14.1. The van der Waals surface area contributed by atoms with Gasteiger partial charge in [0.25, 0.3) is 11.8 Å². The standard InChI is InChI=1S/C30H37N3O3/c1-32-20-9-3-2-4-10-21-33(30(35)23-13-11-14-25-22(23)18-19-31-25)26-15-6-8-17-28(26)36-27-16-7-5-12-24(27)29(32)34/h5,7,11-14,16,18-19,26,28,31H,2-4,6,8-10,15,17,20-21H2,1H3/t26-,28+/m1/s1. The van der Waals surface area contributed by atoms with Crippen molar-refractivity contribution in [3.8, 4) is 5.75 Å². The number of aromatic amines is 1. The molecule has 0 spiro atoms. The summed E-state index contributed by atoms with van der Waals surface area (Å²) < 4.78 is 6.64. The molecule has 2 atom stereocenters. The van der Waals surface area contributed by atoms with Gasteiger partial charge in [-0.25, -0.2) is 0 Å². The molecule has 2 aromatic carbocycles. The monoisotopic (exact) mass is 487 g/mol. The number of ether oxygens (including phenoxy) is 1. The van der Waals surface area contributed by atoms with Gasteiger partial charge in [0.2, 0.25) is 0 Å². The van der Waals surface area contributed by atoms with Gasteiger partial charge >= 0.3 is 0 Å². The van der Waals surface area contributed by atoms with E-state index in [0.29, 0.717) is 11.3 Å². The first kappa shape index (κ1) is 24.4. The number of rotatable bonds is 1. The number of carbonyl (C=O) groups excluding carboxylic acids is 2. The highest BCUT2D eigenvalue weighted by atomic mass is 16.5. The van der Waals surface area contributed by atoms with E-state index in [2.05, 4.69) is 9.88 Å². The van der Waals surface area contributed by atoms with E-state index in [0.717, 1.165) is 87.3 Å². The first-order chi connectivity index (χ1) is 17.6. The van der Waals surface area contributed by atoms with Crippen molar-refractivity contribution in [2.24, 2.45) is 0 Å². The van der Waals surface area contributed by atoms with Crippen molar-refractivity contribution in [3.05, 3.63) is 65.9 Å². The van der Waals surface area contributed by atoms with Gasteiger partial charge in [-0.15, -0.1) is 0 Å². The van der Waals surface area contributed by atoms with Gasteiger partial charge in [-0.3, -0.25) is 9.59 Å². The van der Waals surface area contributed by atoms with Crippen LogP contribution in [-0.2, 0) is 0 Å². The quantitative estimate of drug-likeness (QED) is 0.455. The Morgan fingerprint density at radius 1 is 0.889 bits per heavy atom. The topological polar surface area (TPSA) is 65.6 Å². The van der Waals surface area contributed by atoms with Crippen LogP contribution in [-0.4, -0.2) is 58.9 Å². The van der Waals surface area contributed by atoms with E-state index < -0.39 is 0 Å². The summed E-state index contributed by atoms with van der Waals surface area (Å²) in [5.41, 5.74) is 2.33. The minimum Gasteiger partial charge on any atom is -0.487 e. The highest BCUT2D eigenvalue weighted by molar-refractivity contribution is 6.06. The molecule has 6 heteroatoms. The summed E-state index contributed by atoms with van der Waals surface area (Å²) in [6.45, 7) is 1.47. The zero-order valence-corrected chi connectivity index (χ0v) is 21.2. The zero-order valence-electron chi connectivity index (χ0n) is 21.2. The number of benzene rings is 2. The van der Waals surface area contributed by atoms with Crippen molar-refractivity contribution in [1.29, 1.82) is 0 Å². The van der Waals surface area contributed by atoms with Gasteiger partial charge in [0.05, 0.1) is 11.6 Å². The largest absolute Gasteiger partial charge is 0.487 e. The van der Waals surface area contributed by atoms with E-state index in [1.54, 1.807) is 0 Å². The molecule has 1 aliphatic carbocycles. The number of nitrogens with one attached hydrogen (secondary N) is 1. The van der Waals surface area contributed by atoms with Crippen molar-refractivity contribution >= 4 is 22.7 Å². The number of H-pyrrole nitrogens is 1. The lowest BCUT2D eigenvalue weighted by Gasteiger charge is -2.40. The second-order valence-corrected chi connectivity index (χ2v) is 10.2. The first-order valence-corrected chi connectivity index (χ1v) is 13.5. The minimum atomic E-state index is -0.141. The van der Waals surface area contributed by atoms with E-state index >= 15 is 0 Å². The molecule has 2 aliphatic rings. The molecule has 1 saturated carbocycles. The fourth-order valence-corrected chi connectivity index (χ4v) is 5.79. The molecule has 2 amide bonds. The molecule has 190 valence electrons. The molecule has 5 rings (SSSR count). The molecule has 0 radical (unpaired) electrons. The summed E-state index contributed by atoms with van der Waals surface area (Å²) in [5.74, 6) is 0.704. The van der Waals surface area contributed by atoms with Crippen LogP contribution in [0, 0.1) is 0 Å². The van der Waals surface area contributed by atoms with Crippen LogP contribution in [0.5, 0.6) is 5.75 Å². The summed E-state index contributed by atoms with van der Waals surface area (Å²) in [4.78, 5) is 34.5. The number of para-hydroxylation sites is 1. The maximum Gasteiger partial charge on any atom is 0.257 e. The number of hydrogen-bond acceptors (Lipinski definition) is 3. The fraction of sp³-hybridized carbons (Fsp3) is 0.467. The van der Waals surface area contributed by atoms with Gasteiger partial charge in [-0.1, -0.05) is 43.9 Å². The molecule has 36 heavy (non-hydrogen) atoms. The third-order valence-corrected chi connectivity index (χ3v) is 7.79. The third-order valence-electron chi connectivity index (χ3n) is 7.79. The zero-order chi connectivity index (χ0) is 24.9. The predicted molar refractivity (Wildman–Crippen MR) is 142 cm³/mol. The molecule has 0 bridgehead atoms. The fourth-order valence-electron chi connectivity index (χ4n) is 5.79. The second-order valence-electron chi connectivity index (χ2n) is 10.2. The second kappa shape index (κ2) is 11.2. The van der Waals surface area contributed by atoms with Crippen molar-refractivity contribution in [3.63, 3.8) is 0 Å². The van der Waals surface area contributed by atoms with Crippen LogP contribution in [0.3, 0.4) is 0 Å². The van der Waals surface area contributed by atoms with Crippen LogP contribution in [0.1, 0.15) is 78.5 Å². The van der Waals surface area contributed by atoms with Crippen molar-refractivity contribution in [2.45, 2.75) is 69.9 Å². The molecule has 1 aromatic heterocycles. The Morgan fingerprint density at radius 3 is 2.56 bits per heavy atom. The highest BCUT2D eigenvalue weighted by Gasteiger charge is 2.36. The van der Waals surface area contributed by atoms with E-state index in [9.17, 15) is 9.59 Å². The Morgan fingerprint density at radius 2 is 1.67 bits per heavy atom. The Kier molecular flexibility index (Phi) is 7.59. The molecule has 6 nitrogen and oxygen atoms in total. The summed E-state index contributed by atoms with van der Waals surface area (Å²) >= 11 is 0. The van der Waals surface area contributed by atoms with Crippen LogP contribution in [0.25, 0.3) is 10.9 Å². The lowest BCUT2D eigenvalue weighted by atomic mass is 9.90. The summed E-state index contributed by atoms with van der Waals surface area (Å²) in [6, 6.07) is 15.5. The third kappa shape index (κ3) is 5.13. The van der Waals surface area contributed by atoms with Gasteiger partial charge < -0.3 is 19.5 Å². The normalized spacial score (nSPS) is 22.2. The minimum absolute atomic E-state index is 0.0000931. The SMILES string of the molecule is CN1CCCCCCCN(C(=O)c2cccc3[nH]ccc23)[C@@H]2CCCC[C@@H]2Oc2ccccc2C1=O. The molecule has 1 N–H and O–H groups in total. The number of aromatic nitrogens is 1. The van der Waals surface area contributed by atoms with Gasteiger partial charge in [0.15, 0.2) is 0 Å². The molecule has 1 aliphatic heterocycles. The van der Waals surface area contributed by atoms with Crippen LogP contribution in [0.15, 0.2) is 54.7 Å². The molecular formula is C30H37N3O3. The lowest BCUT2D eigenvalue weighted by Crippen LogP contribution is -2.51. The molecule has 1 fully saturated rings. The van der Waals surface area contributed by atoms with Crippen molar-refractivity contribution in [2.75, 3.05) is 20.1 Å². The number of amides is 2. The number of nitrogens with zero attached hydrogens (tertiary/aromatic N) is 2. The lowest BCUT2D eigenvalue weighted by molar-refractivity contribution is 0.0272. The van der Waals surface area contributed by atoms with Crippen molar-refractivity contribution in [1.82, 2.24) is 14.8 Å². The molecule has 0 saturated heterocycles. The first-order valence-electron chi connectivity index (χ1n) is 13.5. The summed E-state index contributed by atoms with van der Waals surface area (Å²) in [6.07, 6.45) is 10.9. The van der Waals surface area contributed by atoms with E-state index in [1.807, 2.05) is 66.7 Å². The van der Waals surface area contributed by atoms with Gasteiger partial charge in [0, 0.05) is 42.8 Å². The Labute approximate surface area is 213 Å². The Hall–Kier alpha value is -3.28. The maximum absolute atomic E-state index is 14.1. The van der Waals surface area contributed by atoms with E-state index in [-0.39, 0.29) is 24.0 Å². The average Bonchev–Trinajstić information content (AvgIpc) is 3.39. The predicted octanol–water partition coefficient (Wildman–Crippen LogP) is 6.04. The Balaban J connectivity index is 1.50. The summed E-state index contributed by atoms with van der Waals surface area (Å²) in [5, 5.41) is 0.964.